The number of nitrogens with one attached hydrogen (secondary N) is 1. The van der Waals surface area contributed by atoms with E-state index in [0.29, 0.717) is 16.0 Å². The second-order valence-electron chi connectivity index (χ2n) is 7.59. The van der Waals surface area contributed by atoms with Crippen molar-refractivity contribution < 1.29 is 4.79 Å². The van der Waals surface area contributed by atoms with E-state index in [1.54, 1.807) is 0 Å². The molecule has 27 heavy (non-hydrogen) atoms. The van der Waals surface area contributed by atoms with Crippen molar-refractivity contribution >= 4 is 34.8 Å². The molecule has 2 aromatic rings. The fraction of sp³-hybridized carbons (Fsp3) is 0.409. The van der Waals surface area contributed by atoms with Crippen LogP contribution in [-0.4, -0.2) is 23.9 Å². The quantitative estimate of drug-likeness (QED) is 0.665. The number of carbonyl (C=O) groups excluding carboxylic acids is 1. The molecule has 0 spiro atoms. The lowest BCUT2D eigenvalue weighted by atomic mass is 9.96. The Hall–Kier alpha value is -1.55. The molecule has 1 heterocycles. The van der Waals surface area contributed by atoms with Crippen LogP contribution in [0.15, 0.2) is 42.5 Å². The van der Waals surface area contributed by atoms with Crippen molar-refractivity contribution in [1.82, 2.24) is 4.90 Å². The molecular formula is C22H26Cl2N2O. The maximum Gasteiger partial charge on any atom is 0.228 e. The fourth-order valence-corrected chi connectivity index (χ4v) is 3.83. The van der Waals surface area contributed by atoms with Gasteiger partial charge in [-0.15, -0.1) is 0 Å². The van der Waals surface area contributed by atoms with Crippen LogP contribution in [0.25, 0.3) is 0 Å². The zero-order valence-electron chi connectivity index (χ0n) is 15.8. The first kappa shape index (κ1) is 20.2. The molecule has 3 rings (SSSR count). The Morgan fingerprint density at radius 1 is 1.15 bits per heavy atom. The van der Waals surface area contributed by atoms with Gasteiger partial charge in [0.15, 0.2) is 0 Å². The Kier molecular flexibility index (Phi) is 6.80. The minimum atomic E-state index is 0.00583. The molecular weight excluding hydrogens is 379 g/mol. The van der Waals surface area contributed by atoms with E-state index in [1.807, 2.05) is 30.3 Å². The van der Waals surface area contributed by atoms with Crippen LogP contribution in [0.5, 0.6) is 0 Å². The Morgan fingerprint density at radius 2 is 1.89 bits per heavy atom. The van der Waals surface area contributed by atoms with Gasteiger partial charge in [0, 0.05) is 18.8 Å². The molecule has 1 atom stereocenters. The van der Waals surface area contributed by atoms with Crippen LogP contribution in [-0.2, 0) is 11.3 Å². The number of hydrogen-bond acceptors (Lipinski definition) is 2. The first-order chi connectivity index (χ1) is 12.9. The van der Waals surface area contributed by atoms with Gasteiger partial charge in [-0.1, -0.05) is 55.2 Å². The average Bonchev–Trinajstić information content (AvgIpc) is 2.65. The summed E-state index contributed by atoms with van der Waals surface area (Å²) in [6.45, 7) is 6.86. The van der Waals surface area contributed by atoms with Crippen LogP contribution in [0.3, 0.4) is 0 Å². The number of amides is 1. The van der Waals surface area contributed by atoms with Gasteiger partial charge in [-0.25, -0.2) is 0 Å². The third-order valence-corrected chi connectivity index (χ3v) is 5.85. The molecule has 1 N–H and O–H groups in total. The minimum absolute atomic E-state index is 0.00583. The maximum atomic E-state index is 12.7. The molecule has 1 amide bonds. The van der Waals surface area contributed by atoms with Crippen LogP contribution in [0.4, 0.5) is 5.69 Å². The Bertz CT molecular complexity index is 789. The summed E-state index contributed by atoms with van der Waals surface area (Å²) in [6.07, 6.45) is 1.94. The Balaban J connectivity index is 1.58. The Labute approximate surface area is 171 Å². The van der Waals surface area contributed by atoms with Crippen molar-refractivity contribution in [2.45, 2.75) is 39.2 Å². The number of nitrogens with zero attached hydrogens (tertiary/aromatic N) is 1. The van der Waals surface area contributed by atoms with E-state index in [4.69, 9.17) is 23.2 Å². The first-order valence-corrected chi connectivity index (χ1v) is 10.2. The standard InChI is InChI=1S/C22H26Cl2N2O/c1-15(2)17-6-8-19(9-7-17)25-22(27)18-4-3-11-26(14-18)13-16-5-10-20(23)21(24)12-16/h5-10,12,15,18H,3-4,11,13-14H2,1-2H3,(H,25,27). The molecule has 0 saturated carbocycles. The van der Waals surface area contributed by atoms with E-state index in [1.165, 1.54) is 5.56 Å². The van der Waals surface area contributed by atoms with Crippen molar-refractivity contribution in [2.24, 2.45) is 5.92 Å². The van der Waals surface area contributed by atoms with Crippen molar-refractivity contribution in [3.8, 4) is 0 Å². The number of likely N-dealkylation sites (tertiary alicyclic amines) is 1. The third kappa shape index (κ3) is 5.47. The summed E-state index contributed by atoms with van der Waals surface area (Å²) in [5.74, 6) is 0.598. The van der Waals surface area contributed by atoms with Crippen LogP contribution in [0.2, 0.25) is 10.0 Å². The normalized spacial score (nSPS) is 17.9. The zero-order valence-corrected chi connectivity index (χ0v) is 17.4. The SMILES string of the molecule is CC(C)c1ccc(NC(=O)C2CCCN(Cc3ccc(Cl)c(Cl)c3)C2)cc1. The summed E-state index contributed by atoms with van der Waals surface area (Å²) in [4.78, 5) is 15.0. The van der Waals surface area contributed by atoms with Gasteiger partial charge in [0.1, 0.15) is 0 Å². The van der Waals surface area contributed by atoms with Crippen molar-refractivity contribution in [2.75, 3.05) is 18.4 Å². The van der Waals surface area contributed by atoms with Gasteiger partial charge in [0.2, 0.25) is 5.91 Å². The Morgan fingerprint density at radius 3 is 2.56 bits per heavy atom. The molecule has 1 unspecified atom stereocenters. The van der Waals surface area contributed by atoms with Crippen LogP contribution >= 0.6 is 23.2 Å². The van der Waals surface area contributed by atoms with Crippen LogP contribution in [0, 0.1) is 5.92 Å². The molecule has 1 saturated heterocycles. The monoisotopic (exact) mass is 404 g/mol. The summed E-state index contributed by atoms with van der Waals surface area (Å²) < 4.78 is 0. The number of hydrogen-bond donors (Lipinski definition) is 1. The second-order valence-corrected chi connectivity index (χ2v) is 8.40. The smallest absolute Gasteiger partial charge is 0.228 e. The number of benzene rings is 2. The zero-order chi connectivity index (χ0) is 19.4. The molecule has 0 bridgehead atoms. The van der Waals surface area contributed by atoms with Gasteiger partial charge < -0.3 is 5.32 Å². The fourth-order valence-electron chi connectivity index (χ4n) is 3.51. The third-order valence-electron chi connectivity index (χ3n) is 5.11. The van der Waals surface area contributed by atoms with Gasteiger partial charge in [-0.3, -0.25) is 9.69 Å². The number of halogens is 2. The van der Waals surface area contributed by atoms with E-state index in [2.05, 4.69) is 36.2 Å². The summed E-state index contributed by atoms with van der Waals surface area (Å²) in [6, 6.07) is 13.9. The lowest BCUT2D eigenvalue weighted by Gasteiger charge is -2.32. The molecule has 144 valence electrons. The maximum absolute atomic E-state index is 12.7. The molecule has 0 aromatic heterocycles. The van der Waals surface area contributed by atoms with Crippen LogP contribution < -0.4 is 5.32 Å². The van der Waals surface area contributed by atoms with E-state index < -0.39 is 0 Å². The highest BCUT2D eigenvalue weighted by Crippen LogP contribution is 2.25. The summed E-state index contributed by atoms with van der Waals surface area (Å²) >= 11 is 12.1. The summed E-state index contributed by atoms with van der Waals surface area (Å²) in [7, 11) is 0. The summed E-state index contributed by atoms with van der Waals surface area (Å²) in [5, 5.41) is 4.22. The molecule has 5 heteroatoms. The predicted octanol–water partition coefficient (Wildman–Crippen LogP) is 5.97. The van der Waals surface area contributed by atoms with Crippen molar-refractivity contribution in [1.29, 1.82) is 0 Å². The largest absolute Gasteiger partial charge is 0.326 e. The lowest BCUT2D eigenvalue weighted by Crippen LogP contribution is -2.40. The molecule has 0 aliphatic carbocycles. The topological polar surface area (TPSA) is 32.3 Å². The predicted molar refractivity (Wildman–Crippen MR) is 114 cm³/mol. The van der Waals surface area contributed by atoms with Gasteiger partial charge in [-0.2, -0.15) is 0 Å². The van der Waals surface area contributed by atoms with Gasteiger partial charge in [-0.05, 0) is 60.7 Å². The number of piperidine rings is 1. The van der Waals surface area contributed by atoms with Gasteiger partial charge in [0.05, 0.1) is 16.0 Å². The van der Waals surface area contributed by atoms with E-state index in [0.717, 1.165) is 43.7 Å². The highest BCUT2D eigenvalue weighted by Gasteiger charge is 2.26. The molecule has 1 aliphatic rings. The van der Waals surface area contributed by atoms with Crippen molar-refractivity contribution in [3.05, 3.63) is 63.6 Å². The minimum Gasteiger partial charge on any atom is -0.326 e. The second kappa shape index (κ2) is 9.09. The molecule has 2 aromatic carbocycles. The van der Waals surface area contributed by atoms with E-state index in [9.17, 15) is 4.79 Å². The van der Waals surface area contributed by atoms with E-state index in [-0.39, 0.29) is 11.8 Å². The van der Waals surface area contributed by atoms with Gasteiger partial charge in [0.25, 0.3) is 0 Å². The molecule has 3 nitrogen and oxygen atoms in total. The van der Waals surface area contributed by atoms with Crippen molar-refractivity contribution in [3.63, 3.8) is 0 Å². The molecule has 1 aliphatic heterocycles. The highest BCUT2D eigenvalue weighted by molar-refractivity contribution is 6.42. The van der Waals surface area contributed by atoms with Gasteiger partial charge >= 0.3 is 0 Å². The summed E-state index contributed by atoms with van der Waals surface area (Å²) in [5.41, 5.74) is 3.26. The lowest BCUT2D eigenvalue weighted by molar-refractivity contribution is -0.121. The number of anilines is 1. The van der Waals surface area contributed by atoms with Crippen LogP contribution in [0.1, 0.15) is 43.7 Å². The molecule has 1 fully saturated rings. The van der Waals surface area contributed by atoms with E-state index >= 15 is 0 Å². The first-order valence-electron chi connectivity index (χ1n) is 9.49. The highest BCUT2D eigenvalue weighted by atomic mass is 35.5. The number of rotatable bonds is 5. The average molecular weight is 405 g/mol. The molecule has 0 radical (unpaired) electrons. The number of carbonyl (C=O) groups is 1.